The van der Waals surface area contributed by atoms with Crippen LogP contribution in [0.1, 0.15) is 54.0 Å². The molecule has 180 valence electrons. The molecule has 1 atom stereocenters. The van der Waals surface area contributed by atoms with Gasteiger partial charge in [-0.2, -0.15) is 0 Å². The van der Waals surface area contributed by atoms with Crippen LogP contribution in [0.15, 0.2) is 97.1 Å². The molecular formula is C38H28. The molecule has 3 aliphatic carbocycles. The maximum absolute atomic E-state index is 8.82. The highest BCUT2D eigenvalue weighted by Gasteiger charge is 2.43. The largest absolute Gasteiger partial charge is 0.0616 e. The Kier molecular flexibility index (Phi) is 3.08. The van der Waals surface area contributed by atoms with Gasteiger partial charge in [0, 0.05) is 14.9 Å². The molecule has 6 aromatic rings. The van der Waals surface area contributed by atoms with Gasteiger partial charge in [0.15, 0.2) is 0 Å². The smallest absolute Gasteiger partial charge is 0.0243 e. The Morgan fingerprint density at radius 2 is 1.08 bits per heavy atom. The molecule has 0 amide bonds. The molecule has 0 saturated carbocycles. The third-order valence-electron chi connectivity index (χ3n) is 9.72. The number of rotatable bonds is 0. The first kappa shape index (κ1) is 18.2. The average molecular weight is 488 g/mol. The molecule has 3 aliphatic rings. The molecule has 0 nitrogen and oxygen atoms in total. The molecule has 1 unspecified atom stereocenters. The average Bonchev–Trinajstić information content (AvgIpc) is 3.51. The maximum Gasteiger partial charge on any atom is 0.0243 e. The fourth-order valence-corrected chi connectivity index (χ4v) is 7.87. The zero-order chi connectivity index (χ0) is 28.1. The molecule has 0 bridgehead atoms. The van der Waals surface area contributed by atoms with Gasteiger partial charge in [-0.1, -0.05) is 106 Å². The van der Waals surface area contributed by atoms with Crippen molar-refractivity contribution in [2.45, 2.75) is 38.5 Å². The van der Waals surface area contributed by atoms with Gasteiger partial charge in [-0.3, -0.25) is 0 Å². The highest BCUT2D eigenvalue weighted by Crippen LogP contribution is 2.60. The van der Waals surface area contributed by atoms with Crippen LogP contribution >= 0.6 is 0 Å². The zero-order valence-electron chi connectivity index (χ0n) is 24.7. The van der Waals surface area contributed by atoms with E-state index in [-0.39, 0.29) is 5.41 Å². The van der Waals surface area contributed by atoms with Crippen molar-refractivity contribution in [3.05, 3.63) is 119 Å². The summed E-state index contributed by atoms with van der Waals surface area (Å²) in [6.07, 6.45) is 0. The van der Waals surface area contributed by atoms with E-state index in [1.165, 1.54) is 55.3 Å². The minimum Gasteiger partial charge on any atom is -0.0616 e. The summed E-state index contributed by atoms with van der Waals surface area (Å²) in [5, 5.41) is 4.83. The third-order valence-corrected chi connectivity index (χ3v) is 9.72. The van der Waals surface area contributed by atoms with Crippen molar-refractivity contribution in [2.24, 2.45) is 0 Å². The predicted molar refractivity (Wildman–Crippen MR) is 161 cm³/mol. The van der Waals surface area contributed by atoms with Crippen molar-refractivity contribution in [3.8, 4) is 44.5 Å². The Bertz CT molecular complexity index is 2180. The quantitative estimate of drug-likeness (QED) is 0.200. The summed E-state index contributed by atoms with van der Waals surface area (Å²) in [6.45, 7) is 4.38. The zero-order valence-corrected chi connectivity index (χ0v) is 21.7. The molecule has 0 radical (unpaired) electrons. The summed E-state index contributed by atoms with van der Waals surface area (Å²) >= 11 is 0. The highest BCUT2D eigenvalue weighted by atomic mass is 14.5. The van der Waals surface area contributed by atoms with Gasteiger partial charge < -0.3 is 0 Å². The van der Waals surface area contributed by atoms with Crippen molar-refractivity contribution >= 4 is 21.5 Å². The fraction of sp³-hybridized carbons (Fsp3) is 0.158. The molecule has 0 N–H and O–H groups in total. The van der Waals surface area contributed by atoms with E-state index in [1.54, 1.807) is 0 Å². The highest BCUT2D eigenvalue weighted by molar-refractivity contribution is 6.20. The van der Waals surface area contributed by atoms with Crippen LogP contribution in [0.4, 0.5) is 0 Å². The lowest BCUT2D eigenvalue weighted by Gasteiger charge is -2.24. The number of hydrogen-bond donors (Lipinski definition) is 0. The number of benzene rings is 6. The molecule has 0 saturated heterocycles. The van der Waals surface area contributed by atoms with Crippen LogP contribution in [0.2, 0.25) is 0 Å². The van der Waals surface area contributed by atoms with Crippen molar-refractivity contribution in [1.29, 1.82) is 0 Å². The van der Waals surface area contributed by atoms with E-state index < -0.39 is 12.3 Å². The monoisotopic (exact) mass is 487 g/mol. The topological polar surface area (TPSA) is 0 Å². The molecule has 0 heterocycles. The standard InChI is InChI=1S/C38H28/c1-37(2)30-17-16-21-10-5-6-11-22(21)35(30)28-19-32-29(20-31(28)37)36-26-15-9-14-25-23-12-7-8-13-24(23)27(34(25)26)18-33(36)38(32,3)4/h5-20H,1-4H3/i1D3. The van der Waals surface area contributed by atoms with Crippen LogP contribution in [0.5, 0.6) is 0 Å². The summed E-state index contributed by atoms with van der Waals surface area (Å²) in [7, 11) is 0. The Hall–Kier alpha value is -4.16. The minimum atomic E-state index is -2.20. The Morgan fingerprint density at radius 3 is 1.87 bits per heavy atom. The Labute approximate surface area is 227 Å². The Balaban J connectivity index is 1.42. The van der Waals surface area contributed by atoms with Gasteiger partial charge >= 0.3 is 0 Å². The van der Waals surface area contributed by atoms with Gasteiger partial charge in [0.2, 0.25) is 0 Å². The first-order chi connectivity index (χ1) is 19.6. The predicted octanol–water partition coefficient (Wildman–Crippen LogP) is 10.3. The van der Waals surface area contributed by atoms with E-state index in [4.69, 9.17) is 4.11 Å². The second-order valence-corrected chi connectivity index (χ2v) is 12.0. The molecule has 0 fully saturated rings. The molecule has 6 aromatic carbocycles. The normalized spacial score (nSPS) is 20.3. The van der Waals surface area contributed by atoms with Crippen LogP contribution in [0.3, 0.4) is 0 Å². The summed E-state index contributed by atoms with van der Waals surface area (Å²) in [4.78, 5) is 0. The van der Waals surface area contributed by atoms with Crippen molar-refractivity contribution in [2.75, 3.05) is 0 Å². The summed E-state index contributed by atoms with van der Waals surface area (Å²) in [5.41, 5.74) is 12.8. The number of fused-ring (bicyclic) bond motifs is 12. The van der Waals surface area contributed by atoms with Gasteiger partial charge in [0.05, 0.1) is 0 Å². The lowest BCUT2D eigenvalue weighted by atomic mass is 9.79. The maximum atomic E-state index is 8.82. The third kappa shape index (κ3) is 2.22. The molecule has 38 heavy (non-hydrogen) atoms. The van der Waals surface area contributed by atoms with Crippen molar-refractivity contribution < 1.29 is 4.11 Å². The van der Waals surface area contributed by atoms with Crippen LogP contribution in [0, 0.1) is 0 Å². The molecule has 0 aromatic heterocycles. The second-order valence-electron chi connectivity index (χ2n) is 12.0. The van der Waals surface area contributed by atoms with Gasteiger partial charge in [-0.05, 0) is 107 Å². The summed E-state index contributed by atoms with van der Waals surface area (Å²) in [5.74, 6) is 0. The van der Waals surface area contributed by atoms with E-state index in [0.717, 1.165) is 33.0 Å². The molecule has 0 heteroatoms. The van der Waals surface area contributed by atoms with E-state index >= 15 is 0 Å². The lowest BCUT2D eigenvalue weighted by Crippen LogP contribution is -2.17. The summed E-state index contributed by atoms with van der Waals surface area (Å²) in [6, 6.07) is 34.9. The van der Waals surface area contributed by atoms with Gasteiger partial charge in [-0.15, -0.1) is 0 Å². The van der Waals surface area contributed by atoms with Crippen LogP contribution < -0.4 is 0 Å². The Morgan fingerprint density at radius 1 is 0.474 bits per heavy atom. The molecule has 0 aliphatic heterocycles. The number of hydrogen-bond acceptors (Lipinski definition) is 0. The fourth-order valence-electron chi connectivity index (χ4n) is 7.87. The first-order valence-electron chi connectivity index (χ1n) is 15.0. The molecule has 0 spiro atoms. The molecule has 9 rings (SSSR count). The molecular weight excluding hydrogens is 456 g/mol. The van der Waals surface area contributed by atoms with E-state index in [1.807, 2.05) is 6.92 Å². The minimum absolute atomic E-state index is 0.234. The van der Waals surface area contributed by atoms with E-state index in [0.29, 0.717) is 0 Å². The van der Waals surface area contributed by atoms with Crippen molar-refractivity contribution in [1.82, 2.24) is 0 Å². The second kappa shape index (κ2) is 6.45. The van der Waals surface area contributed by atoms with Gasteiger partial charge in [0.25, 0.3) is 0 Å². The first-order valence-corrected chi connectivity index (χ1v) is 13.5. The lowest BCUT2D eigenvalue weighted by molar-refractivity contribution is 0.652. The van der Waals surface area contributed by atoms with Crippen molar-refractivity contribution in [3.63, 3.8) is 0 Å². The van der Waals surface area contributed by atoms with Crippen LogP contribution in [0.25, 0.3) is 66.1 Å². The summed E-state index contributed by atoms with van der Waals surface area (Å²) < 4.78 is 26.5. The van der Waals surface area contributed by atoms with Crippen LogP contribution in [-0.2, 0) is 10.8 Å². The van der Waals surface area contributed by atoms with E-state index in [9.17, 15) is 0 Å². The SMILES string of the molecule is [2H]C([2H])([2H])C1(C)c2cc3c(cc2-c2c1ccc1ccccc21)C(C)(C)c1cc2c4c(cccc4c1-3)-c1ccccc1-2. The van der Waals surface area contributed by atoms with Gasteiger partial charge in [0.1, 0.15) is 0 Å². The van der Waals surface area contributed by atoms with Crippen LogP contribution in [-0.4, -0.2) is 0 Å². The van der Waals surface area contributed by atoms with E-state index in [2.05, 4.69) is 111 Å². The van der Waals surface area contributed by atoms with Gasteiger partial charge in [-0.25, -0.2) is 0 Å².